The highest BCUT2D eigenvalue weighted by molar-refractivity contribution is 6.31. The van der Waals surface area contributed by atoms with Crippen LogP contribution in [0, 0.1) is 6.92 Å². The predicted molar refractivity (Wildman–Crippen MR) is 63.6 cm³/mol. The van der Waals surface area contributed by atoms with Crippen LogP contribution in [0.25, 0.3) is 5.69 Å². The van der Waals surface area contributed by atoms with Crippen molar-refractivity contribution >= 4 is 11.6 Å². The molecule has 0 spiro atoms. The minimum Gasteiger partial charge on any atom is -0.494 e. The SMILES string of the molecule is COc1cc(Cl)c(C)cc1-n1cc(CO)nn1. The van der Waals surface area contributed by atoms with E-state index in [0.717, 1.165) is 11.3 Å². The first-order valence-electron chi connectivity index (χ1n) is 5.02. The van der Waals surface area contributed by atoms with Crippen LogP contribution in [-0.2, 0) is 6.61 Å². The molecule has 1 N–H and O–H groups in total. The van der Waals surface area contributed by atoms with Gasteiger partial charge in [-0.15, -0.1) is 5.10 Å². The molecule has 0 saturated carbocycles. The Bertz CT molecular complexity index is 540. The zero-order valence-electron chi connectivity index (χ0n) is 9.51. The maximum Gasteiger partial charge on any atom is 0.146 e. The molecule has 0 saturated heterocycles. The number of nitrogens with zero attached hydrogens (tertiary/aromatic N) is 3. The van der Waals surface area contributed by atoms with Gasteiger partial charge in [0.25, 0.3) is 0 Å². The molecule has 0 aliphatic carbocycles. The molecule has 2 rings (SSSR count). The van der Waals surface area contributed by atoms with E-state index >= 15 is 0 Å². The Labute approximate surface area is 104 Å². The van der Waals surface area contributed by atoms with E-state index in [9.17, 15) is 0 Å². The topological polar surface area (TPSA) is 60.2 Å². The first kappa shape index (κ1) is 11.9. The molecule has 17 heavy (non-hydrogen) atoms. The van der Waals surface area contributed by atoms with Crippen molar-refractivity contribution in [3.63, 3.8) is 0 Å². The van der Waals surface area contributed by atoms with Gasteiger partial charge in [0.15, 0.2) is 0 Å². The number of halogens is 1. The smallest absolute Gasteiger partial charge is 0.146 e. The highest BCUT2D eigenvalue weighted by atomic mass is 35.5. The minimum absolute atomic E-state index is 0.144. The van der Waals surface area contributed by atoms with Crippen molar-refractivity contribution in [3.8, 4) is 11.4 Å². The fraction of sp³-hybridized carbons (Fsp3) is 0.273. The first-order valence-corrected chi connectivity index (χ1v) is 5.40. The molecule has 6 heteroatoms. The van der Waals surface area contributed by atoms with Crippen molar-refractivity contribution in [1.82, 2.24) is 15.0 Å². The van der Waals surface area contributed by atoms with Crippen molar-refractivity contribution in [2.45, 2.75) is 13.5 Å². The van der Waals surface area contributed by atoms with Gasteiger partial charge >= 0.3 is 0 Å². The summed E-state index contributed by atoms with van der Waals surface area (Å²) < 4.78 is 6.79. The van der Waals surface area contributed by atoms with Crippen LogP contribution in [0.2, 0.25) is 5.02 Å². The number of benzene rings is 1. The molecule has 90 valence electrons. The van der Waals surface area contributed by atoms with E-state index in [0.29, 0.717) is 16.5 Å². The summed E-state index contributed by atoms with van der Waals surface area (Å²) in [5, 5.41) is 17.3. The summed E-state index contributed by atoms with van der Waals surface area (Å²) in [6.45, 7) is 1.75. The average Bonchev–Trinajstić information content (AvgIpc) is 2.80. The van der Waals surface area contributed by atoms with Gasteiger partial charge in [-0.1, -0.05) is 16.8 Å². The van der Waals surface area contributed by atoms with Gasteiger partial charge in [0.05, 0.1) is 19.9 Å². The van der Waals surface area contributed by atoms with Gasteiger partial charge in [0.1, 0.15) is 17.1 Å². The summed E-state index contributed by atoms with van der Waals surface area (Å²) in [6, 6.07) is 3.59. The van der Waals surface area contributed by atoms with Gasteiger partial charge in [-0.2, -0.15) is 0 Å². The molecule has 1 heterocycles. The lowest BCUT2D eigenvalue weighted by Gasteiger charge is -2.10. The maximum absolute atomic E-state index is 8.95. The van der Waals surface area contributed by atoms with Crippen LogP contribution in [0.4, 0.5) is 0 Å². The van der Waals surface area contributed by atoms with Crippen molar-refractivity contribution in [2.24, 2.45) is 0 Å². The van der Waals surface area contributed by atoms with E-state index in [2.05, 4.69) is 10.3 Å². The van der Waals surface area contributed by atoms with Crippen LogP contribution in [0.5, 0.6) is 5.75 Å². The highest BCUT2D eigenvalue weighted by Crippen LogP contribution is 2.29. The van der Waals surface area contributed by atoms with E-state index < -0.39 is 0 Å². The van der Waals surface area contributed by atoms with Crippen LogP contribution in [0.1, 0.15) is 11.3 Å². The van der Waals surface area contributed by atoms with Crippen molar-refractivity contribution in [1.29, 1.82) is 0 Å². The van der Waals surface area contributed by atoms with Crippen LogP contribution in [0.3, 0.4) is 0 Å². The molecule has 0 amide bonds. The van der Waals surface area contributed by atoms with E-state index in [1.807, 2.05) is 13.0 Å². The molecule has 5 nitrogen and oxygen atoms in total. The number of hydrogen-bond donors (Lipinski definition) is 1. The number of aromatic nitrogens is 3. The highest BCUT2D eigenvalue weighted by Gasteiger charge is 2.10. The third-order valence-electron chi connectivity index (χ3n) is 2.41. The summed E-state index contributed by atoms with van der Waals surface area (Å²) in [5.41, 5.74) is 2.16. The van der Waals surface area contributed by atoms with Crippen LogP contribution in [0.15, 0.2) is 18.3 Å². The third kappa shape index (κ3) is 2.25. The van der Waals surface area contributed by atoms with Gasteiger partial charge in [-0.25, -0.2) is 4.68 Å². The van der Waals surface area contributed by atoms with E-state index in [-0.39, 0.29) is 6.61 Å². The number of aliphatic hydroxyl groups is 1. The normalized spacial score (nSPS) is 10.6. The molecule has 0 fully saturated rings. The van der Waals surface area contributed by atoms with Crippen molar-refractivity contribution in [2.75, 3.05) is 7.11 Å². The Kier molecular flexibility index (Phi) is 3.31. The lowest BCUT2D eigenvalue weighted by atomic mass is 10.2. The molecule has 1 aromatic heterocycles. The van der Waals surface area contributed by atoms with Crippen LogP contribution in [-0.4, -0.2) is 27.2 Å². The fourth-order valence-corrected chi connectivity index (χ4v) is 1.63. The quantitative estimate of drug-likeness (QED) is 0.905. The number of rotatable bonds is 3. The first-order chi connectivity index (χ1) is 8.15. The Morgan fingerprint density at radius 2 is 2.24 bits per heavy atom. The number of methoxy groups -OCH3 is 1. The summed E-state index contributed by atoms with van der Waals surface area (Å²) >= 11 is 6.02. The van der Waals surface area contributed by atoms with E-state index in [4.69, 9.17) is 21.4 Å². The molecule has 0 unspecified atom stereocenters. The molecule has 0 aliphatic heterocycles. The van der Waals surface area contributed by atoms with Gasteiger partial charge in [0.2, 0.25) is 0 Å². The zero-order chi connectivity index (χ0) is 12.4. The molecular weight excluding hydrogens is 242 g/mol. The predicted octanol–water partition coefficient (Wildman–Crippen LogP) is 1.73. The van der Waals surface area contributed by atoms with Gasteiger partial charge in [0, 0.05) is 11.1 Å². The summed E-state index contributed by atoms with van der Waals surface area (Å²) in [7, 11) is 1.56. The molecule has 0 aliphatic rings. The second-order valence-electron chi connectivity index (χ2n) is 3.59. The second kappa shape index (κ2) is 4.73. The molecule has 0 radical (unpaired) electrons. The largest absolute Gasteiger partial charge is 0.494 e. The average molecular weight is 254 g/mol. The Balaban J connectivity index is 2.53. The maximum atomic E-state index is 8.95. The van der Waals surface area contributed by atoms with E-state index in [1.54, 1.807) is 24.1 Å². The summed E-state index contributed by atoms with van der Waals surface area (Å²) in [6.07, 6.45) is 1.64. The summed E-state index contributed by atoms with van der Waals surface area (Å²) in [5.74, 6) is 0.606. The fourth-order valence-electron chi connectivity index (χ4n) is 1.48. The second-order valence-corrected chi connectivity index (χ2v) is 3.99. The Hall–Kier alpha value is -1.59. The number of ether oxygens (including phenoxy) is 1. The van der Waals surface area contributed by atoms with Gasteiger partial charge < -0.3 is 9.84 Å². The summed E-state index contributed by atoms with van der Waals surface area (Å²) in [4.78, 5) is 0. The lowest BCUT2D eigenvalue weighted by molar-refractivity contribution is 0.276. The van der Waals surface area contributed by atoms with Gasteiger partial charge in [-0.3, -0.25) is 0 Å². The molecule has 2 aromatic rings. The Morgan fingerprint density at radius 1 is 1.47 bits per heavy atom. The number of hydrogen-bond acceptors (Lipinski definition) is 4. The van der Waals surface area contributed by atoms with Crippen LogP contribution < -0.4 is 4.74 Å². The molecule has 0 bridgehead atoms. The van der Waals surface area contributed by atoms with Crippen molar-refractivity contribution < 1.29 is 9.84 Å². The number of aliphatic hydroxyl groups excluding tert-OH is 1. The number of aryl methyl sites for hydroxylation is 1. The minimum atomic E-state index is -0.144. The monoisotopic (exact) mass is 253 g/mol. The van der Waals surface area contributed by atoms with Gasteiger partial charge in [-0.05, 0) is 18.6 Å². The molecule has 0 atom stereocenters. The third-order valence-corrected chi connectivity index (χ3v) is 2.82. The standard InChI is InChI=1S/C11H12ClN3O2/c1-7-3-10(11(17-2)4-9(7)12)15-5-8(6-16)13-14-15/h3-5,16H,6H2,1-2H3. The Morgan fingerprint density at radius 3 is 2.82 bits per heavy atom. The van der Waals surface area contributed by atoms with Crippen molar-refractivity contribution in [3.05, 3.63) is 34.6 Å². The molecule has 1 aromatic carbocycles. The lowest BCUT2D eigenvalue weighted by Crippen LogP contribution is -2.00. The molecular formula is C11H12ClN3O2. The zero-order valence-corrected chi connectivity index (χ0v) is 10.3. The van der Waals surface area contributed by atoms with E-state index in [1.165, 1.54) is 0 Å². The van der Waals surface area contributed by atoms with Crippen LogP contribution >= 0.6 is 11.6 Å².